The van der Waals surface area contributed by atoms with E-state index in [4.69, 9.17) is 5.41 Å². The van der Waals surface area contributed by atoms with Gasteiger partial charge in [0.25, 0.3) is 0 Å². The molecule has 0 aromatic heterocycles. The average Bonchev–Trinajstić information content (AvgIpc) is 2.58. The number of halogens is 1. The van der Waals surface area contributed by atoms with Crippen LogP contribution in [-0.2, 0) is 0 Å². The van der Waals surface area contributed by atoms with Crippen molar-refractivity contribution in [1.29, 1.82) is 5.41 Å². The van der Waals surface area contributed by atoms with Gasteiger partial charge >= 0.3 is 0 Å². The number of rotatable bonds is 6. The summed E-state index contributed by atoms with van der Waals surface area (Å²) in [4.78, 5) is 9.02. The van der Waals surface area contributed by atoms with Crippen LogP contribution in [0, 0.1) is 19.3 Å². The second-order valence-corrected chi connectivity index (χ2v) is 6.14. The molecule has 3 nitrogen and oxygen atoms in total. The van der Waals surface area contributed by atoms with Gasteiger partial charge in [-0.2, -0.15) is 0 Å². The number of benzene rings is 2. The number of hydrogen-bond acceptors (Lipinski definition) is 3. The van der Waals surface area contributed by atoms with E-state index >= 15 is 0 Å². The maximum Gasteiger partial charge on any atom is 0.0787 e. The van der Waals surface area contributed by atoms with Crippen LogP contribution < -0.4 is 0 Å². The lowest BCUT2D eigenvalue weighted by Gasteiger charge is -2.04. The molecule has 4 heteroatoms. The Morgan fingerprint density at radius 2 is 1.04 bits per heavy atom. The van der Waals surface area contributed by atoms with Crippen LogP contribution in [0.1, 0.15) is 36.1 Å². The lowest BCUT2D eigenvalue weighted by molar-refractivity contribution is 1.16. The van der Waals surface area contributed by atoms with E-state index in [1.54, 1.807) is 0 Å². The van der Waals surface area contributed by atoms with E-state index < -0.39 is 0 Å². The first-order chi connectivity index (χ1) is 11.5. The fourth-order valence-corrected chi connectivity index (χ4v) is 2.25. The third kappa shape index (κ3) is 6.63. The average molecular weight is 356 g/mol. The van der Waals surface area contributed by atoms with Crippen molar-refractivity contribution < 1.29 is 0 Å². The van der Waals surface area contributed by atoms with Crippen LogP contribution in [-0.4, -0.2) is 30.2 Å². The first kappa shape index (κ1) is 20.8. The highest BCUT2D eigenvalue weighted by Gasteiger charge is 2.01. The van der Waals surface area contributed by atoms with Crippen LogP contribution in [0.4, 0.5) is 0 Å². The third-order valence-corrected chi connectivity index (χ3v) is 3.95. The minimum atomic E-state index is 0. The van der Waals surface area contributed by atoms with Gasteiger partial charge in [0.1, 0.15) is 0 Å². The molecule has 0 aliphatic rings. The fourth-order valence-electron chi connectivity index (χ4n) is 2.25. The summed E-state index contributed by atoms with van der Waals surface area (Å²) in [7, 11) is 0. The standard InChI is InChI=1S/C21H25N3.ClH/c1-15-5-9-19(10-6-15)17(3)23-13-21(22)14-24-18(4)20-11-7-16(2)8-12-20;/h5-12,22H,13-14H2,1-4H3;1H. The summed E-state index contributed by atoms with van der Waals surface area (Å²) >= 11 is 0. The van der Waals surface area contributed by atoms with Gasteiger partial charge < -0.3 is 5.41 Å². The first-order valence-corrected chi connectivity index (χ1v) is 8.18. The molecule has 0 atom stereocenters. The molecule has 2 rings (SSSR count). The van der Waals surface area contributed by atoms with Crippen molar-refractivity contribution in [2.24, 2.45) is 9.98 Å². The van der Waals surface area contributed by atoms with Gasteiger partial charge in [-0.3, -0.25) is 9.98 Å². The van der Waals surface area contributed by atoms with Crippen molar-refractivity contribution >= 4 is 29.5 Å². The highest BCUT2D eigenvalue weighted by Crippen LogP contribution is 2.06. The van der Waals surface area contributed by atoms with Gasteiger partial charge in [0, 0.05) is 11.4 Å². The molecule has 0 saturated heterocycles. The Hall–Kier alpha value is -2.26. The van der Waals surface area contributed by atoms with Crippen LogP contribution in [0.2, 0.25) is 0 Å². The molecule has 0 heterocycles. The van der Waals surface area contributed by atoms with E-state index in [-0.39, 0.29) is 12.4 Å². The van der Waals surface area contributed by atoms with Crippen molar-refractivity contribution in [2.45, 2.75) is 27.7 Å². The topological polar surface area (TPSA) is 48.6 Å². The van der Waals surface area contributed by atoms with Gasteiger partial charge in [0.15, 0.2) is 0 Å². The van der Waals surface area contributed by atoms with Gasteiger partial charge in [-0.05, 0) is 38.8 Å². The van der Waals surface area contributed by atoms with E-state index in [2.05, 4.69) is 72.4 Å². The predicted molar refractivity (Wildman–Crippen MR) is 111 cm³/mol. The van der Waals surface area contributed by atoms with E-state index in [9.17, 15) is 0 Å². The Morgan fingerprint density at radius 1 is 0.720 bits per heavy atom. The molecule has 0 spiro atoms. The second-order valence-electron chi connectivity index (χ2n) is 6.14. The molecule has 0 aliphatic carbocycles. The van der Waals surface area contributed by atoms with Gasteiger partial charge in [-0.15, -0.1) is 12.4 Å². The minimum absolute atomic E-state index is 0. The number of nitrogens with one attached hydrogen (secondary N) is 1. The molecule has 25 heavy (non-hydrogen) atoms. The Labute approximate surface area is 156 Å². The Morgan fingerprint density at radius 3 is 1.36 bits per heavy atom. The number of hydrogen-bond donors (Lipinski definition) is 1. The van der Waals surface area contributed by atoms with Gasteiger partial charge in [0.2, 0.25) is 0 Å². The van der Waals surface area contributed by atoms with E-state index in [0.29, 0.717) is 18.8 Å². The molecular formula is C21H26ClN3. The zero-order chi connectivity index (χ0) is 17.5. The summed E-state index contributed by atoms with van der Waals surface area (Å²) in [5.74, 6) is 0. The molecule has 0 aliphatic heterocycles. The summed E-state index contributed by atoms with van der Waals surface area (Å²) in [6, 6.07) is 16.6. The lowest BCUT2D eigenvalue weighted by atomic mass is 10.1. The van der Waals surface area contributed by atoms with E-state index in [0.717, 1.165) is 22.6 Å². The van der Waals surface area contributed by atoms with Crippen molar-refractivity contribution in [3.8, 4) is 0 Å². The fraction of sp³-hybridized carbons (Fsp3) is 0.286. The maximum atomic E-state index is 8.05. The van der Waals surface area contributed by atoms with Crippen molar-refractivity contribution in [3.05, 3.63) is 70.8 Å². The predicted octanol–water partition coefficient (Wildman–Crippen LogP) is 5.06. The summed E-state index contributed by atoms with van der Waals surface area (Å²) in [6.07, 6.45) is 0. The van der Waals surface area contributed by atoms with Crippen LogP contribution >= 0.6 is 12.4 Å². The largest absolute Gasteiger partial charge is 0.306 e. The van der Waals surface area contributed by atoms with Crippen LogP contribution in [0.5, 0.6) is 0 Å². The number of aryl methyl sites for hydroxylation is 2. The van der Waals surface area contributed by atoms with Gasteiger partial charge in [-0.25, -0.2) is 0 Å². The highest BCUT2D eigenvalue weighted by atomic mass is 35.5. The highest BCUT2D eigenvalue weighted by molar-refractivity contribution is 6.02. The van der Waals surface area contributed by atoms with Crippen molar-refractivity contribution in [2.75, 3.05) is 13.1 Å². The Bertz CT molecular complexity index is 691. The molecule has 0 saturated carbocycles. The van der Waals surface area contributed by atoms with Crippen LogP contribution in [0.15, 0.2) is 58.5 Å². The van der Waals surface area contributed by atoms with Crippen molar-refractivity contribution in [1.82, 2.24) is 0 Å². The number of aliphatic imine (C=N–C) groups is 2. The minimum Gasteiger partial charge on any atom is -0.306 e. The second kappa shape index (κ2) is 9.90. The molecule has 2 aromatic rings. The lowest BCUT2D eigenvalue weighted by Crippen LogP contribution is -2.10. The molecule has 132 valence electrons. The van der Waals surface area contributed by atoms with Crippen LogP contribution in [0.3, 0.4) is 0 Å². The molecule has 2 aromatic carbocycles. The third-order valence-electron chi connectivity index (χ3n) is 3.95. The number of nitrogens with zero attached hydrogens (tertiary/aromatic N) is 2. The molecule has 1 N–H and O–H groups in total. The normalized spacial score (nSPS) is 11.8. The molecule has 0 unspecified atom stereocenters. The smallest absolute Gasteiger partial charge is 0.0787 e. The van der Waals surface area contributed by atoms with Gasteiger partial charge in [-0.1, -0.05) is 59.7 Å². The van der Waals surface area contributed by atoms with Gasteiger partial charge in [0.05, 0.1) is 18.8 Å². The monoisotopic (exact) mass is 355 g/mol. The Kier molecular flexibility index (Phi) is 8.23. The SMILES string of the molecule is CC(=NCC(=N)CN=C(C)c1ccc(C)cc1)c1ccc(C)cc1.Cl. The Balaban J connectivity index is 0.00000312. The molecule has 0 fully saturated rings. The summed E-state index contributed by atoms with van der Waals surface area (Å²) in [5, 5.41) is 8.05. The zero-order valence-electron chi connectivity index (χ0n) is 15.3. The van der Waals surface area contributed by atoms with Crippen LogP contribution in [0.25, 0.3) is 0 Å². The van der Waals surface area contributed by atoms with E-state index in [1.807, 2.05) is 13.8 Å². The maximum absolute atomic E-state index is 8.05. The molecular weight excluding hydrogens is 330 g/mol. The quantitative estimate of drug-likeness (QED) is 0.704. The summed E-state index contributed by atoms with van der Waals surface area (Å²) < 4.78 is 0. The molecule has 0 bridgehead atoms. The zero-order valence-corrected chi connectivity index (χ0v) is 16.2. The summed E-state index contributed by atoms with van der Waals surface area (Å²) in [5.41, 5.74) is 7.12. The molecule has 0 radical (unpaired) electrons. The molecule has 0 amide bonds. The van der Waals surface area contributed by atoms with E-state index in [1.165, 1.54) is 11.1 Å². The summed E-state index contributed by atoms with van der Waals surface area (Å²) in [6.45, 7) is 8.90. The van der Waals surface area contributed by atoms with Crippen molar-refractivity contribution in [3.63, 3.8) is 0 Å². The first-order valence-electron chi connectivity index (χ1n) is 8.18.